The van der Waals surface area contributed by atoms with Crippen LogP contribution in [0.3, 0.4) is 0 Å². The van der Waals surface area contributed by atoms with Gasteiger partial charge in [-0.05, 0) is 11.6 Å². The topological polar surface area (TPSA) is 57.6 Å². The predicted octanol–water partition coefficient (Wildman–Crippen LogP) is 1.59. The zero-order valence-corrected chi connectivity index (χ0v) is 9.24. The number of carbonyl (C=O) groups excluding carboxylic acids is 1. The van der Waals surface area contributed by atoms with Crippen LogP contribution in [-0.2, 0) is 9.59 Å². The normalized spacial score (nSPS) is 20.1. The summed E-state index contributed by atoms with van der Waals surface area (Å²) in [6, 6.07) is 9.58. The molecule has 1 N–H and O–H groups in total. The van der Waals surface area contributed by atoms with E-state index >= 15 is 0 Å². The first-order chi connectivity index (χ1) is 8.16. The van der Waals surface area contributed by atoms with Gasteiger partial charge in [0.05, 0.1) is 5.92 Å². The van der Waals surface area contributed by atoms with Gasteiger partial charge in [-0.25, -0.2) is 0 Å². The predicted molar refractivity (Wildman–Crippen MR) is 62.9 cm³/mol. The number of hydrogen-bond acceptors (Lipinski definition) is 2. The molecule has 1 aromatic rings. The Labute approximate surface area is 99.2 Å². The van der Waals surface area contributed by atoms with Crippen LogP contribution in [0.15, 0.2) is 36.5 Å². The fraction of sp³-hybridized carbons (Fsp3) is 0.231. The minimum atomic E-state index is -0.908. The Bertz CT molecular complexity index is 453. The molecule has 1 amide bonds. The number of hydrogen-bond donors (Lipinski definition) is 1. The van der Waals surface area contributed by atoms with Crippen LogP contribution in [0, 0.1) is 5.92 Å². The molecule has 0 saturated carbocycles. The molecule has 1 aliphatic rings. The summed E-state index contributed by atoms with van der Waals surface area (Å²) < 4.78 is 0. The van der Waals surface area contributed by atoms with Crippen molar-refractivity contribution >= 4 is 18.0 Å². The molecule has 1 atom stereocenters. The van der Waals surface area contributed by atoms with E-state index in [1.165, 1.54) is 4.90 Å². The summed E-state index contributed by atoms with van der Waals surface area (Å²) in [6.45, 7) is 0.261. The van der Waals surface area contributed by atoms with Gasteiger partial charge in [-0.3, -0.25) is 9.59 Å². The molecule has 4 nitrogen and oxygen atoms in total. The van der Waals surface area contributed by atoms with Gasteiger partial charge in [0.15, 0.2) is 0 Å². The van der Waals surface area contributed by atoms with Crippen LogP contribution in [0.1, 0.15) is 12.0 Å². The number of amides is 1. The van der Waals surface area contributed by atoms with Crippen LogP contribution in [0.2, 0.25) is 0 Å². The van der Waals surface area contributed by atoms with Gasteiger partial charge in [0, 0.05) is 19.2 Å². The molecule has 1 heterocycles. The second-order valence-electron chi connectivity index (χ2n) is 4.01. The molecule has 0 radical (unpaired) electrons. The summed E-state index contributed by atoms with van der Waals surface area (Å²) in [4.78, 5) is 23.7. The molecule has 1 aliphatic heterocycles. The highest BCUT2D eigenvalue weighted by Gasteiger charge is 2.32. The number of likely N-dealkylation sites (tertiary alicyclic amines) is 1. The van der Waals surface area contributed by atoms with Crippen molar-refractivity contribution in [1.29, 1.82) is 0 Å². The third kappa shape index (κ3) is 2.72. The lowest BCUT2D eigenvalue weighted by Gasteiger charge is -2.09. The standard InChI is InChI=1S/C13H13NO3/c15-12-8-11(13(16)17)9-14(12)7-6-10-4-2-1-3-5-10/h1-7,11H,8-9H2,(H,16,17)/t11-/m1/s1. The molecule has 0 spiro atoms. The molecule has 1 fully saturated rings. The van der Waals surface area contributed by atoms with Crippen LogP contribution >= 0.6 is 0 Å². The lowest BCUT2D eigenvalue weighted by molar-refractivity contribution is -0.141. The zero-order valence-electron chi connectivity index (χ0n) is 9.24. The molecule has 0 aliphatic carbocycles. The molecule has 0 aromatic heterocycles. The number of nitrogens with zero attached hydrogens (tertiary/aromatic N) is 1. The van der Waals surface area contributed by atoms with Crippen LogP contribution in [0.25, 0.3) is 6.08 Å². The van der Waals surface area contributed by atoms with E-state index in [1.807, 2.05) is 36.4 Å². The third-order valence-corrected chi connectivity index (χ3v) is 2.75. The van der Waals surface area contributed by atoms with Crippen molar-refractivity contribution in [3.63, 3.8) is 0 Å². The van der Waals surface area contributed by atoms with Gasteiger partial charge in [0.2, 0.25) is 5.91 Å². The maximum Gasteiger partial charge on any atom is 0.308 e. The van der Waals surface area contributed by atoms with E-state index in [4.69, 9.17) is 5.11 Å². The van der Waals surface area contributed by atoms with Gasteiger partial charge in [0.25, 0.3) is 0 Å². The highest BCUT2D eigenvalue weighted by molar-refractivity contribution is 5.87. The number of benzene rings is 1. The van der Waals surface area contributed by atoms with Crippen molar-refractivity contribution in [2.24, 2.45) is 5.92 Å². The van der Waals surface area contributed by atoms with E-state index < -0.39 is 11.9 Å². The maximum atomic E-state index is 11.5. The highest BCUT2D eigenvalue weighted by atomic mass is 16.4. The molecule has 1 saturated heterocycles. The first-order valence-electron chi connectivity index (χ1n) is 5.42. The monoisotopic (exact) mass is 231 g/mol. The van der Waals surface area contributed by atoms with Crippen molar-refractivity contribution in [2.45, 2.75) is 6.42 Å². The Morgan fingerprint density at radius 3 is 2.65 bits per heavy atom. The van der Waals surface area contributed by atoms with Crippen LogP contribution in [0.5, 0.6) is 0 Å². The average Bonchev–Trinajstić information content (AvgIpc) is 2.70. The van der Waals surface area contributed by atoms with Gasteiger partial charge in [0.1, 0.15) is 0 Å². The largest absolute Gasteiger partial charge is 0.481 e. The lowest BCUT2D eigenvalue weighted by atomic mass is 10.1. The van der Waals surface area contributed by atoms with Crippen LogP contribution in [0.4, 0.5) is 0 Å². The van der Waals surface area contributed by atoms with Gasteiger partial charge in [-0.1, -0.05) is 30.3 Å². The highest BCUT2D eigenvalue weighted by Crippen LogP contribution is 2.18. The fourth-order valence-corrected chi connectivity index (χ4v) is 1.78. The van der Waals surface area contributed by atoms with E-state index in [9.17, 15) is 9.59 Å². The Kier molecular flexibility index (Phi) is 3.23. The molecule has 0 unspecified atom stereocenters. The second kappa shape index (κ2) is 4.82. The van der Waals surface area contributed by atoms with E-state index in [-0.39, 0.29) is 18.9 Å². The van der Waals surface area contributed by atoms with E-state index in [2.05, 4.69) is 0 Å². The summed E-state index contributed by atoms with van der Waals surface area (Å²) >= 11 is 0. The molecule has 88 valence electrons. The fourth-order valence-electron chi connectivity index (χ4n) is 1.78. The number of carboxylic acids is 1. The molecule has 4 heteroatoms. The van der Waals surface area contributed by atoms with Gasteiger partial charge in [-0.15, -0.1) is 0 Å². The summed E-state index contributed by atoms with van der Waals surface area (Å²) in [6.07, 6.45) is 3.55. The molecular formula is C13H13NO3. The number of carbonyl (C=O) groups is 2. The van der Waals surface area contributed by atoms with Crippen LogP contribution in [-0.4, -0.2) is 28.4 Å². The van der Waals surface area contributed by atoms with E-state index in [0.717, 1.165) is 5.56 Å². The van der Waals surface area contributed by atoms with Gasteiger partial charge >= 0.3 is 5.97 Å². The quantitative estimate of drug-likeness (QED) is 0.859. The molecule has 0 bridgehead atoms. The minimum Gasteiger partial charge on any atom is -0.481 e. The Hall–Kier alpha value is -2.10. The van der Waals surface area contributed by atoms with Crippen molar-refractivity contribution in [1.82, 2.24) is 4.90 Å². The molecule has 17 heavy (non-hydrogen) atoms. The SMILES string of the molecule is O=C(O)[C@@H]1CC(=O)N(C=Cc2ccccc2)C1. The first kappa shape index (κ1) is 11.4. The summed E-state index contributed by atoms with van der Waals surface area (Å²) in [5, 5.41) is 8.83. The smallest absolute Gasteiger partial charge is 0.308 e. The minimum absolute atomic E-state index is 0.0917. The summed E-state index contributed by atoms with van der Waals surface area (Å²) in [5.41, 5.74) is 0.985. The Morgan fingerprint density at radius 2 is 2.06 bits per heavy atom. The van der Waals surface area contributed by atoms with Crippen molar-refractivity contribution in [2.75, 3.05) is 6.54 Å². The number of rotatable bonds is 3. The summed E-state index contributed by atoms with van der Waals surface area (Å²) in [5.74, 6) is -1.62. The van der Waals surface area contributed by atoms with Crippen molar-refractivity contribution < 1.29 is 14.7 Å². The lowest BCUT2D eigenvalue weighted by Crippen LogP contribution is -2.20. The zero-order chi connectivity index (χ0) is 12.3. The summed E-state index contributed by atoms with van der Waals surface area (Å²) in [7, 11) is 0. The average molecular weight is 231 g/mol. The Morgan fingerprint density at radius 1 is 1.35 bits per heavy atom. The first-order valence-corrected chi connectivity index (χ1v) is 5.42. The van der Waals surface area contributed by atoms with E-state index in [0.29, 0.717) is 0 Å². The molecular weight excluding hydrogens is 218 g/mol. The number of carboxylic acid groups (broad SMARTS) is 1. The maximum absolute atomic E-state index is 11.5. The number of aliphatic carboxylic acids is 1. The van der Waals surface area contributed by atoms with Crippen molar-refractivity contribution in [3.05, 3.63) is 42.1 Å². The van der Waals surface area contributed by atoms with E-state index in [1.54, 1.807) is 6.20 Å². The second-order valence-corrected chi connectivity index (χ2v) is 4.01. The molecule has 1 aromatic carbocycles. The molecule has 2 rings (SSSR count). The van der Waals surface area contributed by atoms with Gasteiger partial charge in [-0.2, -0.15) is 0 Å². The van der Waals surface area contributed by atoms with Gasteiger partial charge < -0.3 is 10.0 Å². The Balaban J connectivity index is 2.03. The van der Waals surface area contributed by atoms with Crippen LogP contribution < -0.4 is 0 Å². The van der Waals surface area contributed by atoms with Crippen molar-refractivity contribution in [3.8, 4) is 0 Å². The third-order valence-electron chi connectivity index (χ3n) is 2.75.